The SMILES string of the molecule is CCNC(=NCC(=O)N1CCCC1)NCCc1nc(C(C)(C)C)cs1.I. The summed E-state index contributed by atoms with van der Waals surface area (Å²) in [5, 5.41) is 9.76. The molecular formula is C18H32IN5OS. The number of aliphatic imine (C=N–C) groups is 1. The summed E-state index contributed by atoms with van der Waals surface area (Å²) in [5.41, 5.74) is 1.23. The van der Waals surface area contributed by atoms with Gasteiger partial charge in [0.25, 0.3) is 0 Å². The molecule has 2 heterocycles. The Morgan fingerprint density at radius 1 is 1.31 bits per heavy atom. The molecule has 0 bridgehead atoms. The van der Waals surface area contributed by atoms with E-state index in [0.29, 0.717) is 5.96 Å². The Morgan fingerprint density at radius 3 is 2.58 bits per heavy atom. The number of likely N-dealkylation sites (tertiary alicyclic amines) is 1. The summed E-state index contributed by atoms with van der Waals surface area (Å²) < 4.78 is 0. The number of guanidine groups is 1. The number of nitrogens with one attached hydrogen (secondary N) is 2. The predicted molar refractivity (Wildman–Crippen MR) is 120 cm³/mol. The highest BCUT2D eigenvalue weighted by Gasteiger charge is 2.18. The molecule has 0 aromatic carbocycles. The number of rotatable bonds is 6. The Hall–Kier alpha value is -0.900. The Kier molecular flexibility index (Phi) is 9.84. The number of carbonyl (C=O) groups excluding carboxylic acids is 1. The maximum Gasteiger partial charge on any atom is 0.244 e. The van der Waals surface area contributed by atoms with E-state index < -0.39 is 0 Å². The number of hydrogen-bond acceptors (Lipinski definition) is 4. The number of hydrogen-bond donors (Lipinski definition) is 2. The number of halogens is 1. The van der Waals surface area contributed by atoms with Crippen LogP contribution in [0.1, 0.15) is 51.2 Å². The van der Waals surface area contributed by atoms with Crippen LogP contribution in [0.4, 0.5) is 0 Å². The first-order chi connectivity index (χ1) is 11.9. The summed E-state index contributed by atoms with van der Waals surface area (Å²) >= 11 is 1.70. The summed E-state index contributed by atoms with van der Waals surface area (Å²) in [6, 6.07) is 0. The lowest BCUT2D eigenvalue weighted by molar-refractivity contribution is -0.128. The molecule has 0 radical (unpaired) electrons. The van der Waals surface area contributed by atoms with Gasteiger partial charge in [-0.05, 0) is 19.8 Å². The van der Waals surface area contributed by atoms with Crippen LogP contribution >= 0.6 is 35.3 Å². The summed E-state index contributed by atoms with van der Waals surface area (Å²) in [4.78, 5) is 23.1. The molecule has 1 saturated heterocycles. The van der Waals surface area contributed by atoms with Crippen LogP contribution in [0.2, 0.25) is 0 Å². The van der Waals surface area contributed by atoms with E-state index in [4.69, 9.17) is 4.98 Å². The van der Waals surface area contributed by atoms with Crippen molar-refractivity contribution in [2.24, 2.45) is 4.99 Å². The Bertz CT molecular complexity index is 591. The largest absolute Gasteiger partial charge is 0.357 e. The second-order valence-corrected chi connectivity index (χ2v) is 8.28. The molecule has 1 aromatic rings. The number of thiazole rings is 1. The molecule has 2 rings (SSSR count). The molecule has 1 aliphatic heterocycles. The van der Waals surface area contributed by atoms with Crippen LogP contribution < -0.4 is 10.6 Å². The van der Waals surface area contributed by atoms with Crippen molar-refractivity contribution < 1.29 is 4.79 Å². The lowest BCUT2D eigenvalue weighted by Crippen LogP contribution is -2.39. The summed E-state index contributed by atoms with van der Waals surface area (Å²) in [5.74, 6) is 0.812. The smallest absolute Gasteiger partial charge is 0.244 e. The van der Waals surface area contributed by atoms with Crippen molar-refractivity contribution in [1.29, 1.82) is 0 Å². The minimum Gasteiger partial charge on any atom is -0.357 e. The van der Waals surface area contributed by atoms with Gasteiger partial charge in [-0.2, -0.15) is 0 Å². The maximum atomic E-state index is 12.1. The van der Waals surface area contributed by atoms with Crippen molar-refractivity contribution in [2.75, 3.05) is 32.7 Å². The van der Waals surface area contributed by atoms with Crippen molar-refractivity contribution in [1.82, 2.24) is 20.5 Å². The van der Waals surface area contributed by atoms with Gasteiger partial charge in [0.15, 0.2) is 5.96 Å². The molecule has 0 spiro atoms. The standard InChI is InChI=1S/C18H31N5OS.HI/c1-5-19-17(21-12-16(24)23-10-6-7-11-23)20-9-8-15-22-14(13-25-15)18(2,3)4;/h13H,5-12H2,1-4H3,(H2,19,20,21);1H. The van der Waals surface area contributed by atoms with Crippen LogP contribution in [0.3, 0.4) is 0 Å². The second kappa shape index (κ2) is 11.1. The van der Waals surface area contributed by atoms with E-state index in [2.05, 4.69) is 41.8 Å². The molecular weight excluding hydrogens is 461 g/mol. The molecule has 8 heteroatoms. The number of amides is 1. The molecule has 26 heavy (non-hydrogen) atoms. The van der Waals surface area contributed by atoms with Gasteiger partial charge in [-0.1, -0.05) is 20.8 Å². The minimum atomic E-state index is 0. The van der Waals surface area contributed by atoms with Crippen LogP contribution in [-0.2, 0) is 16.6 Å². The Labute approximate surface area is 178 Å². The van der Waals surface area contributed by atoms with E-state index in [1.807, 2.05) is 11.8 Å². The molecule has 1 aromatic heterocycles. The van der Waals surface area contributed by atoms with Crippen LogP contribution in [-0.4, -0.2) is 54.5 Å². The van der Waals surface area contributed by atoms with E-state index in [0.717, 1.165) is 56.1 Å². The van der Waals surface area contributed by atoms with Crippen LogP contribution in [0.15, 0.2) is 10.4 Å². The van der Waals surface area contributed by atoms with Crippen molar-refractivity contribution in [3.05, 3.63) is 16.1 Å². The first kappa shape index (κ1) is 23.1. The van der Waals surface area contributed by atoms with Crippen molar-refractivity contribution in [3.63, 3.8) is 0 Å². The maximum absolute atomic E-state index is 12.1. The van der Waals surface area contributed by atoms with Crippen LogP contribution in [0.25, 0.3) is 0 Å². The molecule has 0 aliphatic carbocycles. The first-order valence-corrected chi connectivity index (χ1v) is 10.0. The van der Waals surface area contributed by atoms with Crippen molar-refractivity contribution in [2.45, 2.75) is 52.4 Å². The normalized spacial score (nSPS) is 14.9. The molecule has 1 aliphatic rings. The van der Waals surface area contributed by atoms with E-state index >= 15 is 0 Å². The van der Waals surface area contributed by atoms with Gasteiger partial charge in [-0.25, -0.2) is 9.98 Å². The topological polar surface area (TPSA) is 69.6 Å². The zero-order valence-corrected chi connectivity index (χ0v) is 19.4. The summed E-state index contributed by atoms with van der Waals surface area (Å²) in [6.07, 6.45) is 3.07. The van der Waals surface area contributed by atoms with Crippen LogP contribution in [0.5, 0.6) is 0 Å². The highest BCUT2D eigenvalue weighted by Crippen LogP contribution is 2.23. The monoisotopic (exact) mass is 493 g/mol. The van der Waals surface area contributed by atoms with Gasteiger partial charge in [0.1, 0.15) is 6.54 Å². The van der Waals surface area contributed by atoms with Gasteiger partial charge < -0.3 is 15.5 Å². The second-order valence-electron chi connectivity index (χ2n) is 7.34. The van der Waals surface area contributed by atoms with Gasteiger partial charge in [-0.15, -0.1) is 35.3 Å². The van der Waals surface area contributed by atoms with E-state index in [-0.39, 0.29) is 41.8 Å². The molecule has 1 amide bonds. The summed E-state index contributed by atoms with van der Waals surface area (Å²) in [6.45, 7) is 12.0. The zero-order chi connectivity index (χ0) is 18.3. The quantitative estimate of drug-likeness (QED) is 0.364. The Morgan fingerprint density at radius 2 is 2.00 bits per heavy atom. The fourth-order valence-corrected chi connectivity index (χ4v) is 3.64. The highest BCUT2D eigenvalue weighted by molar-refractivity contribution is 14.0. The average molecular weight is 493 g/mol. The van der Waals surface area contributed by atoms with Crippen molar-refractivity contribution in [3.8, 4) is 0 Å². The third-order valence-corrected chi connectivity index (χ3v) is 5.04. The average Bonchev–Trinajstić information content (AvgIpc) is 3.23. The molecule has 0 atom stereocenters. The van der Waals surface area contributed by atoms with Gasteiger partial charge in [-0.3, -0.25) is 4.79 Å². The van der Waals surface area contributed by atoms with Gasteiger partial charge in [0.05, 0.1) is 10.7 Å². The third kappa shape index (κ3) is 7.38. The molecule has 148 valence electrons. The lowest BCUT2D eigenvalue weighted by Gasteiger charge is -2.15. The molecule has 6 nitrogen and oxygen atoms in total. The summed E-state index contributed by atoms with van der Waals surface area (Å²) in [7, 11) is 0. The number of carbonyl (C=O) groups is 1. The lowest BCUT2D eigenvalue weighted by atomic mass is 9.93. The fourth-order valence-electron chi connectivity index (χ4n) is 2.61. The zero-order valence-electron chi connectivity index (χ0n) is 16.3. The van der Waals surface area contributed by atoms with E-state index in [9.17, 15) is 4.79 Å². The van der Waals surface area contributed by atoms with Crippen molar-refractivity contribution >= 4 is 47.2 Å². The first-order valence-electron chi connectivity index (χ1n) is 9.15. The molecule has 0 unspecified atom stereocenters. The van der Waals surface area contributed by atoms with Gasteiger partial charge in [0, 0.05) is 43.4 Å². The molecule has 2 N–H and O–H groups in total. The van der Waals surface area contributed by atoms with E-state index in [1.165, 1.54) is 0 Å². The van der Waals surface area contributed by atoms with Crippen LogP contribution in [0, 0.1) is 0 Å². The Balaban J connectivity index is 0.00000338. The minimum absolute atomic E-state index is 0. The predicted octanol–water partition coefficient (Wildman–Crippen LogP) is 2.78. The highest BCUT2D eigenvalue weighted by atomic mass is 127. The molecule has 0 saturated carbocycles. The third-order valence-electron chi connectivity index (χ3n) is 4.13. The molecule has 1 fully saturated rings. The number of nitrogens with zero attached hydrogens (tertiary/aromatic N) is 3. The van der Waals surface area contributed by atoms with Gasteiger partial charge in [0.2, 0.25) is 5.91 Å². The van der Waals surface area contributed by atoms with E-state index in [1.54, 1.807) is 11.3 Å². The number of aromatic nitrogens is 1. The fraction of sp³-hybridized carbons (Fsp3) is 0.722. The van der Waals surface area contributed by atoms with Gasteiger partial charge >= 0.3 is 0 Å².